The molecule has 0 saturated heterocycles. The fourth-order valence-corrected chi connectivity index (χ4v) is 2.98. The second-order valence-corrected chi connectivity index (χ2v) is 5.77. The lowest BCUT2D eigenvalue weighted by Gasteiger charge is -2.11. The van der Waals surface area contributed by atoms with Crippen LogP contribution >= 0.6 is 0 Å². The van der Waals surface area contributed by atoms with Crippen molar-refractivity contribution in [1.29, 1.82) is 0 Å². The summed E-state index contributed by atoms with van der Waals surface area (Å²) in [7, 11) is 3.23. The highest BCUT2D eigenvalue weighted by Crippen LogP contribution is 2.33. The van der Waals surface area contributed by atoms with E-state index in [0.29, 0.717) is 22.7 Å². The van der Waals surface area contributed by atoms with Gasteiger partial charge < -0.3 is 9.47 Å². The lowest BCUT2D eigenvalue weighted by molar-refractivity contribution is 0.397. The monoisotopic (exact) mass is 335 g/mol. The van der Waals surface area contributed by atoms with E-state index < -0.39 is 0 Å². The number of fused-ring (bicyclic) bond motifs is 3. The Morgan fingerprint density at radius 1 is 1.04 bits per heavy atom. The summed E-state index contributed by atoms with van der Waals surface area (Å²) in [5, 5.41) is 8.70. The number of imidazole rings is 1. The number of benzene rings is 1. The summed E-state index contributed by atoms with van der Waals surface area (Å²) in [6.45, 7) is 3.93. The zero-order valence-corrected chi connectivity index (χ0v) is 14.4. The van der Waals surface area contributed by atoms with Crippen LogP contribution in [0.25, 0.3) is 28.1 Å². The molecule has 3 heterocycles. The van der Waals surface area contributed by atoms with Gasteiger partial charge in [0.1, 0.15) is 11.6 Å². The zero-order valence-electron chi connectivity index (χ0n) is 14.4. The van der Waals surface area contributed by atoms with E-state index in [9.17, 15) is 0 Å². The molecule has 0 spiro atoms. The summed E-state index contributed by atoms with van der Waals surface area (Å²) in [4.78, 5) is 8.90. The molecule has 0 unspecified atom stereocenters. The second kappa shape index (κ2) is 5.70. The van der Waals surface area contributed by atoms with Gasteiger partial charge in [-0.3, -0.25) is 9.38 Å². The van der Waals surface area contributed by atoms with Gasteiger partial charge in [0.2, 0.25) is 0 Å². The van der Waals surface area contributed by atoms with E-state index in [1.165, 1.54) is 0 Å². The average molecular weight is 335 g/mol. The maximum atomic E-state index is 5.47. The first-order chi connectivity index (χ1) is 12.1. The summed E-state index contributed by atoms with van der Waals surface area (Å²) < 4.78 is 12.9. The van der Waals surface area contributed by atoms with E-state index in [0.717, 1.165) is 28.2 Å². The third kappa shape index (κ3) is 2.27. The van der Waals surface area contributed by atoms with Gasteiger partial charge in [-0.15, -0.1) is 10.2 Å². The summed E-state index contributed by atoms with van der Waals surface area (Å²) >= 11 is 0. The SMILES string of the molecule is COc1cc(OC)c2nnc3c(C)nc(-c4ccncc4C)n3c2c1. The lowest BCUT2D eigenvalue weighted by Crippen LogP contribution is -2.00. The quantitative estimate of drug-likeness (QED) is 0.573. The highest BCUT2D eigenvalue weighted by atomic mass is 16.5. The molecule has 0 aliphatic carbocycles. The van der Waals surface area contributed by atoms with E-state index in [2.05, 4.69) is 15.2 Å². The molecule has 0 fully saturated rings. The molecule has 7 nitrogen and oxygen atoms in total. The molecular weight excluding hydrogens is 318 g/mol. The number of methoxy groups -OCH3 is 2. The number of ether oxygens (including phenoxy) is 2. The summed E-state index contributed by atoms with van der Waals surface area (Å²) in [5.41, 5.74) is 5.02. The molecule has 7 heteroatoms. The van der Waals surface area contributed by atoms with Gasteiger partial charge in [0.15, 0.2) is 16.9 Å². The van der Waals surface area contributed by atoms with Crippen LogP contribution in [0.1, 0.15) is 11.3 Å². The van der Waals surface area contributed by atoms with Crippen molar-refractivity contribution in [2.75, 3.05) is 14.2 Å². The molecule has 0 saturated carbocycles. The molecular formula is C18H17N5O2. The van der Waals surface area contributed by atoms with Gasteiger partial charge in [0.05, 0.1) is 25.4 Å². The molecule has 0 N–H and O–H groups in total. The molecule has 4 rings (SSSR count). The Bertz CT molecular complexity index is 1100. The third-order valence-corrected chi connectivity index (χ3v) is 4.25. The topological polar surface area (TPSA) is 74.4 Å². The fourth-order valence-electron chi connectivity index (χ4n) is 2.98. The minimum Gasteiger partial charge on any atom is -0.497 e. The fraction of sp³-hybridized carbons (Fsp3) is 0.222. The molecule has 0 atom stereocenters. The van der Waals surface area contributed by atoms with Crippen molar-refractivity contribution in [2.24, 2.45) is 0 Å². The van der Waals surface area contributed by atoms with Crippen LogP contribution in [-0.4, -0.2) is 38.8 Å². The minimum atomic E-state index is 0.604. The number of pyridine rings is 1. The van der Waals surface area contributed by atoms with Crippen LogP contribution in [0.15, 0.2) is 30.6 Å². The zero-order chi connectivity index (χ0) is 17.6. The predicted octanol–water partition coefficient (Wildman–Crippen LogP) is 2.97. The first kappa shape index (κ1) is 15.3. The van der Waals surface area contributed by atoms with Crippen LogP contribution < -0.4 is 9.47 Å². The van der Waals surface area contributed by atoms with Gasteiger partial charge in [-0.2, -0.15) is 0 Å². The number of rotatable bonds is 3. The van der Waals surface area contributed by atoms with Crippen molar-refractivity contribution < 1.29 is 9.47 Å². The molecule has 0 amide bonds. The van der Waals surface area contributed by atoms with Crippen molar-refractivity contribution >= 4 is 16.7 Å². The largest absolute Gasteiger partial charge is 0.497 e. The summed E-state index contributed by atoms with van der Waals surface area (Å²) in [5.74, 6) is 2.08. The highest BCUT2D eigenvalue weighted by Gasteiger charge is 2.18. The highest BCUT2D eigenvalue weighted by molar-refractivity contribution is 5.87. The predicted molar refractivity (Wildman–Crippen MR) is 94.1 cm³/mol. The van der Waals surface area contributed by atoms with Crippen LogP contribution in [0.3, 0.4) is 0 Å². The summed E-state index contributed by atoms with van der Waals surface area (Å²) in [6, 6.07) is 5.66. The molecule has 1 aromatic carbocycles. The number of hydrogen-bond acceptors (Lipinski definition) is 6. The normalized spacial score (nSPS) is 11.2. The van der Waals surface area contributed by atoms with E-state index in [-0.39, 0.29) is 0 Å². The third-order valence-electron chi connectivity index (χ3n) is 4.25. The standard InChI is InChI=1S/C18H17N5O2/c1-10-9-19-6-5-13(10)18-20-11(2)17-22-21-16-14(23(17)18)7-12(24-3)8-15(16)25-4/h5-9H,1-4H3. The number of hydrogen-bond donors (Lipinski definition) is 0. The van der Waals surface area contributed by atoms with Crippen molar-refractivity contribution in [2.45, 2.75) is 13.8 Å². The van der Waals surface area contributed by atoms with Crippen LogP contribution in [0, 0.1) is 13.8 Å². The molecule has 126 valence electrons. The average Bonchev–Trinajstić information content (AvgIpc) is 2.98. The molecule has 25 heavy (non-hydrogen) atoms. The van der Waals surface area contributed by atoms with Crippen molar-refractivity contribution in [1.82, 2.24) is 24.6 Å². The molecule has 0 bridgehead atoms. The van der Waals surface area contributed by atoms with Crippen LogP contribution in [0.4, 0.5) is 0 Å². The smallest absolute Gasteiger partial charge is 0.183 e. The summed E-state index contributed by atoms with van der Waals surface area (Å²) in [6.07, 6.45) is 3.58. The molecule has 3 aromatic heterocycles. The van der Waals surface area contributed by atoms with Crippen molar-refractivity contribution in [3.63, 3.8) is 0 Å². The van der Waals surface area contributed by atoms with Gasteiger partial charge in [0.25, 0.3) is 0 Å². The lowest BCUT2D eigenvalue weighted by atomic mass is 10.1. The van der Waals surface area contributed by atoms with Crippen LogP contribution in [0.2, 0.25) is 0 Å². The number of aromatic nitrogens is 5. The Hall–Kier alpha value is -3.22. The Labute approximate surface area is 144 Å². The maximum Gasteiger partial charge on any atom is 0.183 e. The van der Waals surface area contributed by atoms with Gasteiger partial charge in [-0.1, -0.05) is 0 Å². The molecule has 0 aliphatic heterocycles. The van der Waals surface area contributed by atoms with E-state index in [1.54, 1.807) is 26.5 Å². The first-order valence-corrected chi connectivity index (χ1v) is 7.82. The Balaban J connectivity index is 2.18. The van der Waals surface area contributed by atoms with Crippen LogP contribution in [0.5, 0.6) is 11.5 Å². The first-order valence-electron chi connectivity index (χ1n) is 7.82. The molecule has 0 aliphatic rings. The van der Waals surface area contributed by atoms with Crippen molar-refractivity contribution in [3.05, 3.63) is 41.9 Å². The van der Waals surface area contributed by atoms with Crippen molar-refractivity contribution in [3.8, 4) is 22.9 Å². The van der Waals surface area contributed by atoms with E-state index >= 15 is 0 Å². The van der Waals surface area contributed by atoms with Gasteiger partial charge in [-0.05, 0) is 25.5 Å². The Kier molecular flexibility index (Phi) is 3.49. The number of aryl methyl sites for hydroxylation is 2. The molecule has 4 aromatic rings. The maximum absolute atomic E-state index is 5.47. The van der Waals surface area contributed by atoms with Gasteiger partial charge in [0, 0.05) is 30.1 Å². The molecule has 0 radical (unpaired) electrons. The van der Waals surface area contributed by atoms with Crippen LogP contribution in [-0.2, 0) is 0 Å². The second-order valence-electron chi connectivity index (χ2n) is 5.77. The Morgan fingerprint density at radius 3 is 2.60 bits per heavy atom. The van der Waals surface area contributed by atoms with Gasteiger partial charge in [-0.25, -0.2) is 4.98 Å². The van der Waals surface area contributed by atoms with E-state index in [4.69, 9.17) is 14.5 Å². The minimum absolute atomic E-state index is 0.604. The van der Waals surface area contributed by atoms with Gasteiger partial charge >= 0.3 is 0 Å². The van der Waals surface area contributed by atoms with E-state index in [1.807, 2.05) is 36.6 Å². The Morgan fingerprint density at radius 2 is 1.88 bits per heavy atom. The number of nitrogens with zero attached hydrogens (tertiary/aromatic N) is 5.